The summed E-state index contributed by atoms with van der Waals surface area (Å²) in [6.45, 7) is 8.15. The highest BCUT2D eigenvalue weighted by molar-refractivity contribution is 4.62. The fourth-order valence-electron chi connectivity index (χ4n) is 1.32. The first kappa shape index (κ1) is 12.9. The van der Waals surface area contributed by atoms with Crippen LogP contribution in [0.25, 0.3) is 0 Å². The van der Waals surface area contributed by atoms with Crippen molar-refractivity contribution in [3.8, 4) is 0 Å². The Balaban J connectivity index is 0.000000226. The molecule has 0 saturated carbocycles. The van der Waals surface area contributed by atoms with Crippen molar-refractivity contribution < 1.29 is 0 Å². The highest BCUT2D eigenvalue weighted by atomic mass is 14.9. The average molecular weight is 186 g/mol. The molecule has 0 bridgehead atoms. The predicted octanol–water partition coefficient (Wildman–Crippen LogP) is 2.01. The number of hydrogen-bond donors (Lipinski definition) is 2. The highest BCUT2D eigenvalue weighted by Gasteiger charge is 2.04. The first-order valence-electron chi connectivity index (χ1n) is 5.66. The predicted molar refractivity (Wildman–Crippen MR) is 60.1 cm³/mol. The second-order valence-corrected chi connectivity index (χ2v) is 3.89. The van der Waals surface area contributed by atoms with Crippen LogP contribution in [0, 0.1) is 5.92 Å². The summed E-state index contributed by atoms with van der Waals surface area (Å²) >= 11 is 0. The monoisotopic (exact) mass is 186 g/mol. The van der Waals surface area contributed by atoms with E-state index < -0.39 is 0 Å². The minimum atomic E-state index is 0.973. The van der Waals surface area contributed by atoms with Gasteiger partial charge in [0.2, 0.25) is 0 Å². The molecule has 1 rings (SSSR count). The van der Waals surface area contributed by atoms with Crippen LogP contribution in [-0.2, 0) is 0 Å². The second-order valence-electron chi connectivity index (χ2n) is 3.89. The molecule has 0 aromatic rings. The SMILES string of the molecule is CC1CCNCC1.CCCCNC. The minimum absolute atomic E-state index is 0.973. The Kier molecular flexibility index (Phi) is 9.94. The molecule has 1 heterocycles. The molecule has 2 N–H and O–H groups in total. The number of unbranched alkanes of at least 4 members (excludes halogenated alkanes) is 1. The molecule has 2 heteroatoms. The Labute approximate surface area is 83.5 Å². The number of nitrogens with one attached hydrogen (secondary N) is 2. The first-order chi connectivity index (χ1) is 6.31. The van der Waals surface area contributed by atoms with E-state index in [4.69, 9.17) is 0 Å². The van der Waals surface area contributed by atoms with Crippen molar-refractivity contribution in [1.82, 2.24) is 10.6 Å². The third kappa shape index (κ3) is 9.84. The summed E-state index contributed by atoms with van der Waals surface area (Å²) in [5.74, 6) is 0.973. The Morgan fingerprint density at radius 2 is 1.92 bits per heavy atom. The van der Waals surface area contributed by atoms with Gasteiger partial charge in [-0.05, 0) is 51.9 Å². The van der Waals surface area contributed by atoms with Crippen LogP contribution in [0.5, 0.6) is 0 Å². The third-order valence-corrected chi connectivity index (χ3v) is 2.41. The summed E-state index contributed by atoms with van der Waals surface area (Å²) in [5, 5.41) is 6.38. The van der Waals surface area contributed by atoms with E-state index in [9.17, 15) is 0 Å². The van der Waals surface area contributed by atoms with Gasteiger partial charge in [-0.25, -0.2) is 0 Å². The van der Waals surface area contributed by atoms with Crippen molar-refractivity contribution in [2.45, 2.75) is 39.5 Å². The van der Waals surface area contributed by atoms with E-state index >= 15 is 0 Å². The molecule has 0 spiro atoms. The van der Waals surface area contributed by atoms with Crippen LogP contribution in [0.1, 0.15) is 39.5 Å². The van der Waals surface area contributed by atoms with Crippen LogP contribution in [0.2, 0.25) is 0 Å². The van der Waals surface area contributed by atoms with Gasteiger partial charge in [-0.2, -0.15) is 0 Å². The molecule has 0 aliphatic carbocycles. The van der Waals surface area contributed by atoms with E-state index in [1.54, 1.807) is 0 Å². The summed E-state index contributed by atoms with van der Waals surface area (Å²) in [6, 6.07) is 0. The Morgan fingerprint density at radius 3 is 2.15 bits per heavy atom. The lowest BCUT2D eigenvalue weighted by Gasteiger charge is -2.17. The fourth-order valence-corrected chi connectivity index (χ4v) is 1.32. The van der Waals surface area contributed by atoms with Gasteiger partial charge in [0.25, 0.3) is 0 Å². The van der Waals surface area contributed by atoms with Gasteiger partial charge in [0, 0.05) is 0 Å². The van der Waals surface area contributed by atoms with Gasteiger partial charge < -0.3 is 10.6 Å². The van der Waals surface area contributed by atoms with Crippen molar-refractivity contribution in [1.29, 1.82) is 0 Å². The van der Waals surface area contributed by atoms with Crippen molar-refractivity contribution >= 4 is 0 Å². The van der Waals surface area contributed by atoms with E-state index in [-0.39, 0.29) is 0 Å². The quantitative estimate of drug-likeness (QED) is 0.659. The maximum absolute atomic E-state index is 3.32. The van der Waals surface area contributed by atoms with Crippen LogP contribution in [0.4, 0.5) is 0 Å². The summed E-state index contributed by atoms with van der Waals surface area (Å²) in [4.78, 5) is 0. The summed E-state index contributed by atoms with van der Waals surface area (Å²) < 4.78 is 0. The van der Waals surface area contributed by atoms with E-state index in [1.807, 2.05) is 7.05 Å². The summed E-state index contributed by atoms with van der Waals surface area (Å²) in [7, 11) is 1.98. The zero-order valence-corrected chi connectivity index (χ0v) is 9.53. The Hall–Kier alpha value is -0.0800. The molecule has 1 aliphatic rings. The van der Waals surface area contributed by atoms with Gasteiger partial charge in [-0.15, -0.1) is 0 Å². The molecule has 0 aromatic carbocycles. The molecule has 1 saturated heterocycles. The maximum Gasteiger partial charge on any atom is -0.00464 e. The largest absolute Gasteiger partial charge is 0.320 e. The zero-order chi connectivity index (χ0) is 9.94. The minimum Gasteiger partial charge on any atom is -0.320 e. The molecule has 1 aliphatic heterocycles. The lowest BCUT2D eigenvalue weighted by atomic mass is 10.0. The Bertz CT molecular complexity index is 84.1. The topological polar surface area (TPSA) is 24.1 Å². The number of rotatable bonds is 3. The summed E-state index contributed by atoms with van der Waals surface area (Å²) in [5.41, 5.74) is 0. The van der Waals surface area contributed by atoms with Crippen LogP contribution in [0.15, 0.2) is 0 Å². The lowest BCUT2D eigenvalue weighted by Crippen LogP contribution is -2.26. The van der Waals surface area contributed by atoms with Gasteiger partial charge in [0.05, 0.1) is 0 Å². The van der Waals surface area contributed by atoms with Crippen molar-refractivity contribution in [2.24, 2.45) is 5.92 Å². The number of hydrogen-bond acceptors (Lipinski definition) is 2. The van der Waals surface area contributed by atoms with E-state index in [0.29, 0.717) is 0 Å². The highest BCUT2D eigenvalue weighted by Crippen LogP contribution is 2.08. The normalized spacial score (nSPS) is 17.8. The third-order valence-electron chi connectivity index (χ3n) is 2.41. The molecule has 0 radical (unpaired) electrons. The zero-order valence-electron chi connectivity index (χ0n) is 9.53. The van der Waals surface area contributed by atoms with Gasteiger partial charge in [-0.1, -0.05) is 20.3 Å². The average Bonchev–Trinajstić information content (AvgIpc) is 2.17. The van der Waals surface area contributed by atoms with Crippen LogP contribution >= 0.6 is 0 Å². The van der Waals surface area contributed by atoms with Gasteiger partial charge >= 0.3 is 0 Å². The van der Waals surface area contributed by atoms with E-state index in [1.165, 1.54) is 38.8 Å². The van der Waals surface area contributed by atoms with E-state index in [2.05, 4.69) is 24.5 Å². The fraction of sp³-hybridized carbons (Fsp3) is 1.00. The van der Waals surface area contributed by atoms with Crippen LogP contribution < -0.4 is 10.6 Å². The van der Waals surface area contributed by atoms with Crippen LogP contribution in [0.3, 0.4) is 0 Å². The van der Waals surface area contributed by atoms with Crippen LogP contribution in [-0.4, -0.2) is 26.7 Å². The van der Waals surface area contributed by atoms with E-state index in [0.717, 1.165) is 12.5 Å². The molecule has 13 heavy (non-hydrogen) atoms. The molecule has 2 nitrogen and oxygen atoms in total. The molecule has 0 unspecified atom stereocenters. The van der Waals surface area contributed by atoms with Gasteiger partial charge in [-0.3, -0.25) is 0 Å². The van der Waals surface area contributed by atoms with Gasteiger partial charge in [0.1, 0.15) is 0 Å². The smallest absolute Gasteiger partial charge is 0.00464 e. The standard InChI is InChI=1S/C6H13N.C5H13N/c1-6-2-4-7-5-3-6;1-3-4-5-6-2/h6-7H,2-5H2,1H3;6H,3-5H2,1-2H3. The van der Waals surface area contributed by atoms with Crippen molar-refractivity contribution in [2.75, 3.05) is 26.7 Å². The van der Waals surface area contributed by atoms with Crippen molar-refractivity contribution in [3.63, 3.8) is 0 Å². The first-order valence-corrected chi connectivity index (χ1v) is 5.66. The molecule has 0 amide bonds. The molecular weight excluding hydrogens is 160 g/mol. The molecular formula is C11H26N2. The summed E-state index contributed by atoms with van der Waals surface area (Å²) in [6.07, 6.45) is 5.34. The Morgan fingerprint density at radius 1 is 1.31 bits per heavy atom. The molecule has 1 fully saturated rings. The lowest BCUT2D eigenvalue weighted by molar-refractivity contribution is 0.402. The molecule has 0 aromatic heterocycles. The van der Waals surface area contributed by atoms with Gasteiger partial charge in [0.15, 0.2) is 0 Å². The maximum atomic E-state index is 3.32. The molecule has 0 atom stereocenters. The van der Waals surface area contributed by atoms with Crippen molar-refractivity contribution in [3.05, 3.63) is 0 Å². The molecule has 80 valence electrons. The second kappa shape index (κ2) is 10.0. The number of piperidine rings is 1.